The summed E-state index contributed by atoms with van der Waals surface area (Å²) in [6, 6.07) is 17.0. The number of nitrogens with zero attached hydrogens (tertiary/aromatic N) is 2. The van der Waals surface area contributed by atoms with E-state index < -0.39 is 28.0 Å². The molecule has 14 heteroatoms. The molecule has 5 rings (SSSR count). The molecule has 2 aliphatic heterocycles. The van der Waals surface area contributed by atoms with Gasteiger partial charge in [0, 0.05) is 55.2 Å². The Kier molecular flexibility index (Phi) is 11.4. The zero-order valence-corrected chi connectivity index (χ0v) is 27.5. The molecule has 10 nitrogen and oxygen atoms in total. The number of hydrogen-bond donors (Lipinski definition) is 3. The Balaban J connectivity index is 1.21. The maximum absolute atomic E-state index is 13.2. The van der Waals surface area contributed by atoms with Gasteiger partial charge >= 0.3 is 6.36 Å². The van der Waals surface area contributed by atoms with Crippen molar-refractivity contribution in [1.29, 1.82) is 0 Å². The number of ether oxygens (including phenoxy) is 1. The largest absolute Gasteiger partial charge is 0.573 e. The third-order valence-electron chi connectivity index (χ3n) is 8.36. The molecule has 0 unspecified atom stereocenters. The molecule has 3 aromatic carbocycles. The molecule has 0 spiro atoms. The van der Waals surface area contributed by atoms with Crippen LogP contribution >= 0.6 is 0 Å². The average molecular weight is 688 g/mol. The van der Waals surface area contributed by atoms with Crippen molar-refractivity contribution in [1.82, 2.24) is 14.5 Å². The van der Waals surface area contributed by atoms with E-state index in [1.54, 1.807) is 16.4 Å². The van der Waals surface area contributed by atoms with Gasteiger partial charge in [-0.15, -0.1) is 13.2 Å². The maximum Gasteiger partial charge on any atom is 0.573 e. The first-order valence-electron chi connectivity index (χ1n) is 16.0. The van der Waals surface area contributed by atoms with E-state index in [0.717, 1.165) is 31.0 Å². The van der Waals surface area contributed by atoms with E-state index in [0.29, 0.717) is 68.1 Å². The highest BCUT2D eigenvalue weighted by atomic mass is 32.2. The standard InChI is InChI=1S/C34H40F3N5O5S/c1-2-21-48(45,46)42-19-17-41(18-20-42)23-24-6-12-27(13-7-24)39-32(43)26-10-8-25(9-11-26)29-22-28(14-15-31(29)47-34(35,36)37)40-33(44)30-5-3-4-16-38-30/h6-15,22,30,38H,2-5,16-21,23H2,1H3,(H,39,43)(H,40,44)/t30-/m0/s1. The molecule has 2 fully saturated rings. The topological polar surface area (TPSA) is 120 Å². The first-order valence-corrected chi connectivity index (χ1v) is 17.7. The number of anilines is 2. The minimum absolute atomic E-state index is 0.105. The highest BCUT2D eigenvalue weighted by Crippen LogP contribution is 2.36. The van der Waals surface area contributed by atoms with Crippen molar-refractivity contribution < 1.29 is 35.9 Å². The number of piperidine rings is 1. The van der Waals surface area contributed by atoms with Gasteiger partial charge in [0.15, 0.2) is 0 Å². The number of hydrogen-bond acceptors (Lipinski definition) is 7. The van der Waals surface area contributed by atoms with Crippen LogP contribution in [0.5, 0.6) is 5.75 Å². The van der Waals surface area contributed by atoms with Crippen LogP contribution in [0, 0.1) is 0 Å². The lowest BCUT2D eigenvalue weighted by atomic mass is 10.0. The molecule has 0 radical (unpaired) electrons. The fourth-order valence-corrected chi connectivity index (χ4v) is 7.35. The van der Waals surface area contributed by atoms with E-state index in [2.05, 4.69) is 25.6 Å². The van der Waals surface area contributed by atoms with Gasteiger partial charge in [-0.05, 0) is 79.4 Å². The van der Waals surface area contributed by atoms with E-state index >= 15 is 0 Å². The van der Waals surface area contributed by atoms with Crippen molar-refractivity contribution in [3.05, 3.63) is 77.9 Å². The molecule has 3 aromatic rings. The minimum atomic E-state index is -4.92. The second-order valence-electron chi connectivity index (χ2n) is 12.0. The van der Waals surface area contributed by atoms with Gasteiger partial charge in [-0.25, -0.2) is 8.42 Å². The first-order chi connectivity index (χ1) is 22.9. The molecule has 0 aromatic heterocycles. The molecule has 2 saturated heterocycles. The monoisotopic (exact) mass is 687 g/mol. The first kappa shape index (κ1) is 35.3. The highest BCUT2D eigenvalue weighted by molar-refractivity contribution is 7.89. The van der Waals surface area contributed by atoms with Crippen LogP contribution < -0.4 is 20.7 Å². The summed E-state index contributed by atoms with van der Waals surface area (Å²) in [4.78, 5) is 27.9. The molecular formula is C34H40F3N5O5S. The molecule has 2 heterocycles. The van der Waals surface area contributed by atoms with Gasteiger partial charge < -0.3 is 20.7 Å². The minimum Gasteiger partial charge on any atom is -0.405 e. The lowest BCUT2D eigenvalue weighted by Gasteiger charge is -2.34. The van der Waals surface area contributed by atoms with Gasteiger partial charge in [0.25, 0.3) is 5.91 Å². The molecule has 0 saturated carbocycles. The molecule has 0 bridgehead atoms. The average Bonchev–Trinajstić information content (AvgIpc) is 3.06. The molecule has 2 amide bonds. The van der Waals surface area contributed by atoms with Crippen LogP contribution in [0.15, 0.2) is 66.7 Å². The molecule has 1 atom stereocenters. The number of benzene rings is 3. The fourth-order valence-electron chi connectivity index (χ4n) is 5.86. The van der Waals surface area contributed by atoms with Crippen molar-refractivity contribution >= 4 is 33.2 Å². The molecule has 258 valence electrons. The Hall–Kier alpha value is -3.98. The third kappa shape index (κ3) is 9.56. The van der Waals surface area contributed by atoms with Crippen molar-refractivity contribution in [2.75, 3.05) is 49.1 Å². The van der Waals surface area contributed by atoms with Crippen LogP contribution in [0.2, 0.25) is 0 Å². The van der Waals surface area contributed by atoms with Crippen LogP contribution in [0.3, 0.4) is 0 Å². The van der Waals surface area contributed by atoms with Gasteiger partial charge in [0.1, 0.15) is 5.75 Å². The van der Waals surface area contributed by atoms with Gasteiger partial charge in [-0.1, -0.05) is 37.6 Å². The summed E-state index contributed by atoms with van der Waals surface area (Å²) in [6.45, 7) is 5.43. The number of nitrogens with one attached hydrogen (secondary N) is 3. The second kappa shape index (κ2) is 15.5. The van der Waals surface area contributed by atoms with Crippen LogP contribution in [0.4, 0.5) is 24.5 Å². The number of rotatable bonds is 11. The molecule has 0 aliphatic carbocycles. The Morgan fingerprint density at radius 2 is 1.60 bits per heavy atom. The number of carbonyl (C=O) groups is 2. The Bertz CT molecular complexity index is 1670. The van der Waals surface area contributed by atoms with Gasteiger partial charge in [0.2, 0.25) is 15.9 Å². The summed E-state index contributed by atoms with van der Waals surface area (Å²) in [5.41, 5.74) is 2.68. The zero-order chi connectivity index (χ0) is 34.3. The van der Waals surface area contributed by atoms with E-state index in [-0.39, 0.29) is 23.3 Å². The van der Waals surface area contributed by atoms with Crippen molar-refractivity contribution in [3.8, 4) is 16.9 Å². The predicted molar refractivity (Wildman–Crippen MR) is 178 cm³/mol. The second-order valence-corrected chi connectivity index (χ2v) is 14.1. The van der Waals surface area contributed by atoms with Crippen LogP contribution in [-0.4, -0.2) is 80.3 Å². The van der Waals surface area contributed by atoms with E-state index in [1.165, 1.54) is 36.4 Å². The van der Waals surface area contributed by atoms with E-state index in [9.17, 15) is 31.2 Å². The van der Waals surface area contributed by atoms with E-state index in [1.807, 2.05) is 19.1 Å². The SMILES string of the molecule is CCCS(=O)(=O)N1CCN(Cc2ccc(NC(=O)c3ccc(-c4cc(NC(=O)[C@@H]5CCCCN5)ccc4OC(F)(F)F)cc3)cc2)CC1. The quantitative estimate of drug-likeness (QED) is 0.246. The lowest BCUT2D eigenvalue weighted by molar-refractivity contribution is -0.274. The van der Waals surface area contributed by atoms with Crippen LogP contribution in [0.1, 0.15) is 48.5 Å². The Labute approximate surface area is 278 Å². The van der Waals surface area contributed by atoms with E-state index in [4.69, 9.17) is 0 Å². The number of alkyl halides is 3. The van der Waals surface area contributed by atoms with Gasteiger partial charge in [-0.3, -0.25) is 14.5 Å². The molecule has 2 aliphatic rings. The summed E-state index contributed by atoms with van der Waals surface area (Å²) >= 11 is 0. The Morgan fingerprint density at radius 3 is 2.23 bits per heavy atom. The predicted octanol–water partition coefficient (Wildman–Crippen LogP) is 5.44. The zero-order valence-electron chi connectivity index (χ0n) is 26.7. The summed E-state index contributed by atoms with van der Waals surface area (Å²) in [5, 5.41) is 8.76. The summed E-state index contributed by atoms with van der Waals surface area (Å²) < 4.78 is 70.1. The smallest absolute Gasteiger partial charge is 0.405 e. The molecule has 48 heavy (non-hydrogen) atoms. The lowest BCUT2D eigenvalue weighted by Crippen LogP contribution is -2.48. The van der Waals surface area contributed by atoms with Crippen molar-refractivity contribution in [2.45, 2.75) is 51.6 Å². The van der Waals surface area contributed by atoms with Gasteiger partial charge in [-0.2, -0.15) is 4.31 Å². The van der Waals surface area contributed by atoms with Crippen molar-refractivity contribution in [3.63, 3.8) is 0 Å². The fraction of sp³-hybridized carbons (Fsp3) is 0.412. The van der Waals surface area contributed by atoms with Crippen molar-refractivity contribution in [2.24, 2.45) is 0 Å². The van der Waals surface area contributed by atoms with Gasteiger partial charge in [0.05, 0.1) is 11.8 Å². The number of piperazine rings is 1. The molecule has 3 N–H and O–H groups in total. The Morgan fingerprint density at radius 1 is 0.917 bits per heavy atom. The summed E-state index contributed by atoms with van der Waals surface area (Å²) in [6.07, 6.45) is -1.77. The van der Waals surface area contributed by atoms with Crippen LogP contribution in [0.25, 0.3) is 11.1 Å². The van der Waals surface area contributed by atoms with Crippen LogP contribution in [-0.2, 0) is 21.4 Å². The maximum atomic E-state index is 13.2. The number of sulfonamides is 1. The molecular weight excluding hydrogens is 647 g/mol. The number of halogens is 3. The summed E-state index contributed by atoms with van der Waals surface area (Å²) in [5.74, 6) is -0.929. The highest BCUT2D eigenvalue weighted by Gasteiger charge is 2.32. The summed E-state index contributed by atoms with van der Waals surface area (Å²) in [7, 11) is -3.20. The third-order valence-corrected chi connectivity index (χ3v) is 10.4. The normalized spacial score (nSPS) is 17.9. The number of amides is 2. The number of carbonyl (C=O) groups excluding carboxylic acids is 2.